The highest BCUT2D eigenvalue weighted by Gasteiger charge is 2.39. The number of rotatable bonds is 2. The second-order valence-corrected chi connectivity index (χ2v) is 4.83. The van der Waals surface area contributed by atoms with E-state index >= 15 is 0 Å². The average Bonchev–Trinajstić information content (AvgIpc) is 3.19. The third-order valence-corrected chi connectivity index (χ3v) is 3.36. The molecule has 3 rings (SSSR count). The minimum atomic E-state index is 0.0475. The van der Waals surface area contributed by atoms with Crippen molar-refractivity contribution in [2.24, 2.45) is 0 Å². The molecule has 0 saturated carbocycles. The van der Waals surface area contributed by atoms with Crippen molar-refractivity contribution in [3.8, 4) is 0 Å². The lowest BCUT2D eigenvalue weighted by Gasteiger charge is -2.05. The molecular weight excluding hydrogens is 246 g/mol. The Labute approximate surface area is 111 Å². The van der Waals surface area contributed by atoms with Crippen LogP contribution in [0.5, 0.6) is 0 Å². The summed E-state index contributed by atoms with van der Waals surface area (Å²) in [4.78, 5) is 14.1. The minimum absolute atomic E-state index is 0.0475. The zero-order valence-electron chi connectivity index (χ0n) is 9.71. The van der Waals surface area contributed by atoms with Crippen molar-refractivity contribution in [1.29, 1.82) is 0 Å². The molecule has 2 aromatic rings. The monoisotopic (exact) mass is 257 g/mol. The lowest BCUT2D eigenvalue weighted by atomic mass is 10.1. The predicted octanol–water partition coefficient (Wildman–Crippen LogP) is 3.54. The normalized spacial score (nSPS) is 17.6. The maximum atomic E-state index is 12.2. The molecule has 2 nitrogen and oxygen atoms in total. The standard InChI is InChI=1S/C15H12ClNO/c16-13-8-4-7-12(9-13)15(18)17-10-14(17)11-5-2-1-3-6-11/h1-9,14H,10H2. The zero-order valence-corrected chi connectivity index (χ0v) is 10.5. The first kappa shape index (κ1) is 11.3. The van der Waals surface area contributed by atoms with Crippen LogP contribution in [-0.4, -0.2) is 17.4 Å². The van der Waals surface area contributed by atoms with Gasteiger partial charge in [0.05, 0.1) is 6.04 Å². The fourth-order valence-electron chi connectivity index (χ4n) is 2.11. The van der Waals surface area contributed by atoms with Crippen LogP contribution in [0.4, 0.5) is 0 Å². The molecule has 0 N–H and O–H groups in total. The molecular formula is C15H12ClNO. The predicted molar refractivity (Wildman–Crippen MR) is 71.7 cm³/mol. The Balaban J connectivity index is 1.77. The summed E-state index contributed by atoms with van der Waals surface area (Å²) < 4.78 is 0. The number of amides is 1. The lowest BCUT2D eigenvalue weighted by Crippen LogP contribution is -2.11. The van der Waals surface area contributed by atoms with Crippen molar-refractivity contribution in [2.45, 2.75) is 6.04 Å². The van der Waals surface area contributed by atoms with Gasteiger partial charge in [0, 0.05) is 17.1 Å². The van der Waals surface area contributed by atoms with E-state index in [0.29, 0.717) is 10.6 Å². The van der Waals surface area contributed by atoms with Crippen LogP contribution in [0.1, 0.15) is 22.0 Å². The van der Waals surface area contributed by atoms with Gasteiger partial charge in [-0.2, -0.15) is 0 Å². The molecule has 1 aliphatic heterocycles. The van der Waals surface area contributed by atoms with E-state index in [1.807, 2.05) is 23.1 Å². The van der Waals surface area contributed by atoms with Crippen LogP contribution < -0.4 is 0 Å². The SMILES string of the molecule is O=C(c1cccc(Cl)c1)N1CC1c1ccccc1. The summed E-state index contributed by atoms with van der Waals surface area (Å²) in [5.74, 6) is 0.0475. The molecule has 0 spiro atoms. The first-order valence-corrected chi connectivity index (χ1v) is 6.25. The molecule has 90 valence electrons. The highest BCUT2D eigenvalue weighted by Crippen LogP contribution is 2.36. The van der Waals surface area contributed by atoms with Gasteiger partial charge in [-0.25, -0.2) is 0 Å². The second kappa shape index (κ2) is 4.46. The Morgan fingerprint density at radius 3 is 2.61 bits per heavy atom. The molecule has 1 atom stereocenters. The number of benzene rings is 2. The largest absolute Gasteiger partial charge is 0.327 e. The molecule has 1 amide bonds. The second-order valence-electron chi connectivity index (χ2n) is 4.39. The summed E-state index contributed by atoms with van der Waals surface area (Å²) in [6.45, 7) is 0.787. The fourth-order valence-corrected chi connectivity index (χ4v) is 2.30. The molecule has 1 fully saturated rings. The molecule has 18 heavy (non-hydrogen) atoms. The summed E-state index contributed by atoms with van der Waals surface area (Å²) in [7, 11) is 0. The summed E-state index contributed by atoms with van der Waals surface area (Å²) >= 11 is 5.90. The Morgan fingerprint density at radius 1 is 1.11 bits per heavy atom. The van der Waals surface area contributed by atoms with Crippen molar-refractivity contribution in [3.63, 3.8) is 0 Å². The number of carbonyl (C=O) groups is 1. The van der Waals surface area contributed by atoms with E-state index in [9.17, 15) is 4.79 Å². The van der Waals surface area contributed by atoms with E-state index in [2.05, 4.69) is 12.1 Å². The van der Waals surface area contributed by atoms with Crippen molar-refractivity contribution in [3.05, 3.63) is 70.7 Å². The topological polar surface area (TPSA) is 20.1 Å². The smallest absolute Gasteiger partial charge is 0.254 e. The number of nitrogens with zero attached hydrogens (tertiary/aromatic N) is 1. The molecule has 0 aromatic heterocycles. The Morgan fingerprint density at radius 2 is 1.89 bits per heavy atom. The van der Waals surface area contributed by atoms with E-state index in [-0.39, 0.29) is 11.9 Å². The summed E-state index contributed by atoms with van der Waals surface area (Å²) in [5.41, 5.74) is 1.84. The number of hydrogen-bond donors (Lipinski definition) is 0. The summed E-state index contributed by atoms with van der Waals surface area (Å²) in [6, 6.07) is 17.4. The van der Waals surface area contributed by atoms with Gasteiger partial charge in [0.25, 0.3) is 5.91 Å². The molecule has 1 heterocycles. The molecule has 1 aliphatic rings. The Kier molecular flexibility index (Phi) is 2.80. The van der Waals surface area contributed by atoms with Gasteiger partial charge in [-0.3, -0.25) is 4.79 Å². The van der Waals surface area contributed by atoms with Gasteiger partial charge < -0.3 is 4.90 Å². The molecule has 0 bridgehead atoms. The van der Waals surface area contributed by atoms with Crippen LogP contribution in [0, 0.1) is 0 Å². The third-order valence-electron chi connectivity index (χ3n) is 3.13. The minimum Gasteiger partial charge on any atom is -0.327 e. The molecule has 0 radical (unpaired) electrons. The first-order chi connectivity index (χ1) is 8.75. The third kappa shape index (κ3) is 2.12. The van der Waals surface area contributed by atoms with Crippen LogP contribution in [-0.2, 0) is 0 Å². The average molecular weight is 258 g/mol. The van der Waals surface area contributed by atoms with Crippen LogP contribution in [0.3, 0.4) is 0 Å². The quantitative estimate of drug-likeness (QED) is 0.754. The van der Waals surface area contributed by atoms with Crippen LogP contribution in [0.2, 0.25) is 5.02 Å². The van der Waals surface area contributed by atoms with Gasteiger partial charge in [-0.1, -0.05) is 48.0 Å². The number of carbonyl (C=O) groups excluding carboxylic acids is 1. The Hall–Kier alpha value is -1.80. The molecule has 1 saturated heterocycles. The van der Waals surface area contributed by atoms with Gasteiger partial charge in [0.1, 0.15) is 0 Å². The number of hydrogen-bond acceptors (Lipinski definition) is 1. The van der Waals surface area contributed by atoms with Crippen molar-refractivity contribution < 1.29 is 4.79 Å². The van der Waals surface area contributed by atoms with Crippen LogP contribution >= 0.6 is 11.6 Å². The molecule has 0 aliphatic carbocycles. The first-order valence-electron chi connectivity index (χ1n) is 5.87. The van der Waals surface area contributed by atoms with Gasteiger partial charge in [0.15, 0.2) is 0 Å². The van der Waals surface area contributed by atoms with Crippen molar-refractivity contribution >= 4 is 17.5 Å². The van der Waals surface area contributed by atoms with E-state index in [1.165, 1.54) is 5.56 Å². The summed E-state index contributed by atoms with van der Waals surface area (Å²) in [6.07, 6.45) is 0. The molecule has 2 aromatic carbocycles. The molecule has 1 unspecified atom stereocenters. The van der Waals surface area contributed by atoms with Gasteiger partial charge in [-0.05, 0) is 23.8 Å². The van der Waals surface area contributed by atoms with Crippen molar-refractivity contribution in [2.75, 3.05) is 6.54 Å². The molecule has 3 heteroatoms. The van der Waals surface area contributed by atoms with E-state index in [0.717, 1.165) is 6.54 Å². The van der Waals surface area contributed by atoms with Gasteiger partial charge in [-0.15, -0.1) is 0 Å². The number of halogens is 1. The van der Waals surface area contributed by atoms with Gasteiger partial charge >= 0.3 is 0 Å². The lowest BCUT2D eigenvalue weighted by molar-refractivity contribution is 0.0874. The van der Waals surface area contributed by atoms with Gasteiger partial charge in [0.2, 0.25) is 0 Å². The zero-order chi connectivity index (χ0) is 12.5. The highest BCUT2D eigenvalue weighted by atomic mass is 35.5. The highest BCUT2D eigenvalue weighted by molar-refractivity contribution is 6.31. The maximum absolute atomic E-state index is 12.2. The summed E-state index contributed by atoms with van der Waals surface area (Å²) in [5, 5.41) is 0.596. The van der Waals surface area contributed by atoms with Crippen LogP contribution in [0.25, 0.3) is 0 Å². The van der Waals surface area contributed by atoms with Crippen molar-refractivity contribution in [1.82, 2.24) is 4.90 Å². The van der Waals surface area contributed by atoms with E-state index < -0.39 is 0 Å². The maximum Gasteiger partial charge on any atom is 0.254 e. The van der Waals surface area contributed by atoms with Crippen LogP contribution in [0.15, 0.2) is 54.6 Å². The van der Waals surface area contributed by atoms with E-state index in [4.69, 9.17) is 11.6 Å². The Bertz CT molecular complexity index is 582. The van der Waals surface area contributed by atoms with E-state index in [1.54, 1.807) is 24.3 Å². The fraction of sp³-hybridized carbons (Fsp3) is 0.133.